The number of hydrogen-bond acceptors (Lipinski definition) is 6. The summed E-state index contributed by atoms with van der Waals surface area (Å²) in [5.74, 6) is 7.61. The molecule has 1 saturated heterocycles. The van der Waals surface area contributed by atoms with Crippen LogP contribution in [0, 0.1) is 18.8 Å². The van der Waals surface area contributed by atoms with Crippen molar-refractivity contribution in [1.82, 2.24) is 14.9 Å². The summed E-state index contributed by atoms with van der Waals surface area (Å²) >= 11 is 1.74. The van der Waals surface area contributed by atoms with Gasteiger partial charge in [-0.05, 0) is 19.4 Å². The van der Waals surface area contributed by atoms with E-state index in [4.69, 9.17) is 5.11 Å². The molecule has 0 saturated carbocycles. The number of aromatic nitrogens is 2. The lowest BCUT2D eigenvalue weighted by Crippen LogP contribution is -2.46. The van der Waals surface area contributed by atoms with E-state index in [1.165, 1.54) is 10.4 Å². The van der Waals surface area contributed by atoms with Crippen molar-refractivity contribution < 1.29 is 5.11 Å². The molecule has 1 aliphatic heterocycles. The highest BCUT2D eigenvalue weighted by Crippen LogP contribution is 2.21. The summed E-state index contributed by atoms with van der Waals surface area (Å²) < 4.78 is 0. The van der Waals surface area contributed by atoms with Crippen LogP contribution < -0.4 is 4.90 Å². The van der Waals surface area contributed by atoms with Gasteiger partial charge >= 0.3 is 0 Å². The molecule has 1 aliphatic rings. The van der Waals surface area contributed by atoms with Crippen molar-refractivity contribution in [2.24, 2.45) is 0 Å². The molecule has 5 nitrogen and oxygen atoms in total. The normalized spacial score (nSPS) is 15.1. The topological polar surface area (TPSA) is 52.5 Å². The Morgan fingerprint density at radius 2 is 2.08 bits per heavy atom. The molecule has 6 heteroatoms. The number of hydrogen-bond donors (Lipinski definition) is 1. The average Bonchev–Trinajstić information content (AvgIpc) is 3.08. The minimum absolute atomic E-state index is 0.0879. The van der Waals surface area contributed by atoms with Crippen LogP contribution in [0.5, 0.6) is 0 Å². The van der Waals surface area contributed by atoms with Gasteiger partial charge in [0, 0.05) is 60.3 Å². The maximum Gasteiger partial charge on any atom is 0.135 e. The summed E-state index contributed by atoms with van der Waals surface area (Å²) in [4.78, 5) is 15.2. The molecule has 1 fully saturated rings. The van der Waals surface area contributed by atoms with Crippen LogP contribution in [0.3, 0.4) is 0 Å². The molecule has 0 radical (unpaired) electrons. The van der Waals surface area contributed by atoms with E-state index in [1.54, 1.807) is 11.3 Å². The zero-order valence-corrected chi connectivity index (χ0v) is 15.6. The monoisotopic (exact) mass is 356 g/mol. The van der Waals surface area contributed by atoms with E-state index < -0.39 is 0 Å². The lowest BCUT2D eigenvalue weighted by Gasteiger charge is -2.36. The van der Waals surface area contributed by atoms with Gasteiger partial charge in [0.1, 0.15) is 18.2 Å². The standard InChI is InChI=1S/C19H24N4OS/c1-3-17-12-20-15(2)21-19(17)23-8-6-22(7-9-23)13-18-11-16(14-25-18)5-4-10-24/h11-12,14,24H,3,6-10,13H2,1-2H3. The Hall–Kier alpha value is -1.94. The fraction of sp³-hybridized carbons (Fsp3) is 0.474. The molecule has 3 rings (SSSR count). The van der Waals surface area contributed by atoms with Crippen LogP contribution in [0.15, 0.2) is 17.6 Å². The van der Waals surface area contributed by atoms with Gasteiger partial charge < -0.3 is 10.0 Å². The SMILES string of the molecule is CCc1cnc(C)nc1N1CCN(Cc2cc(C#CCO)cs2)CC1. The average molecular weight is 356 g/mol. The number of aliphatic hydroxyl groups is 1. The minimum Gasteiger partial charge on any atom is -0.384 e. The van der Waals surface area contributed by atoms with Gasteiger partial charge in [0.05, 0.1) is 0 Å². The molecule has 2 aromatic rings. The number of thiophene rings is 1. The molecule has 0 atom stereocenters. The Kier molecular flexibility index (Phi) is 6.03. The van der Waals surface area contributed by atoms with Crippen molar-refractivity contribution in [3.8, 4) is 11.8 Å². The van der Waals surface area contributed by atoms with Gasteiger partial charge in [0.2, 0.25) is 0 Å². The lowest BCUT2D eigenvalue weighted by molar-refractivity contribution is 0.251. The van der Waals surface area contributed by atoms with Gasteiger partial charge in [-0.1, -0.05) is 18.8 Å². The summed E-state index contributed by atoms with van der Waals surface area (Å²) in [5, 5.41) is 10.8. The lowest BCUT2D eigenvalue weighted by atomic mass is 10.2. The third kappa shape index (κ3) is 4.57. The fourth-order valence-electron chi connectivity index (χ4n) is 3.02. The molecule has 0 amide bonds. The number of aliphatic hydroxyl groups excluding tert-OH is 1. The molecule has 0 unspecified atom stereocenters. The van der Waals surface area contributed by atoms with Gasteiger partial charge in [-0.25, -0.2) is 9.97 Å². The predicted molar refractivity (Wildman–Crippen MR) is 102 cm³/mol. The molecular formula is C19H24N4OS. The second-order valence-corrected chi connectivity index (χ2v) is 7.14. The smallest absolute Gasteiger partial charge is 0.135 e. The van der Waals surface area contributed by atoms with E-state index in [-0.39, 0.29) is 6.61 Å². The largest absolute Gasteiger partial charge is 0.384 e. The molecule has 0 bridgehead atoms. The van der Waals surface area contributed by atoms with Crippen LogP contribution in [-0.4, -0.2) is 52.8 Å². The zero-order valence-electron chi connectivity index (χ0n) is 14.8. The number of piperazine rings is 1. The third-order valence-corrected chi connectivity index (χ3v) is 5.28. The van der Waals surface area contributed by atoms with Crippen molar-refractivity contribution in [3.63, 3.8) is 0 Å². The molecule has 3 heterocycles. The van der Waals surface area contributed by atoms with Crippen molar-refractivity contribution >= 4 is 17.2 Å². The molecule has 25 heavy (non-hydrogen) atoms. The quantitative estimate of drug-likeness (QED) is 0.850. The summed E-state index contributed by atoms with van der Waals surface area (Å²) in [6.45, 7) is 9.02. The van der Waals surface area contributed by atoms with Crippen LogP contribution >= 0.6 is 11.3 Å². The third-order valence-electron chi connectivity index (χ3n) is 4.36. The Balaban J connectivity index is 1.59. The van der Waals surface area contributed by atoms with E-state index in [2.05, 4.69) is 50.0 Å². The second-order valence-electron chi connectivity index (χ2n) is 6.14. The van der Waals surface area contributed by atoms with Gasteiger partial charge in [0.15, 0.2) is 0 Å². The van der Waals surface area contributed by atoms with Crippen molar-refractivity contribution in [2.45, 2.75) is 26.8 Å². The van der Waals surface area contributed by atoms with Gasteiger partial charge in [-0.2, -0.15) is 0 Å². The van der Waals surface area contributed by atoms with Crippen molar-refractivity contribution in [1.29, 1.82) is 0 Å². The maximum absolute atomic E-state index is 8.78. The maximum atomic E-state index is 8.78. The Labute approximate surface area is 153 Å². The van der Waals surface area contributed by atoms with Crippen LogP contribution in [0.4, 0.5) is 5.82 Å². The van der Waals surface area contributed by atoms with Crippen LogP contribution in [0.25, 0.3) is 0 Å². The highest BCUT2D eigenvalue weighted by atomic mass is 32.1. The fourth-order valence-corrected chi connectivity index (χ4v) is 3.87. The Morgan fingerprint density at radius 3 is 2.80 bits per heavy atom. The van der Waals surface area contributed by atoms with Gasteiger partial charge in [-0.3, -0.25) is 4.90 Å². The van der Waals surface area contributed by atoms with E-state index in [9.17, 15) is 0 Å². The molecule has 0 aliphatic carbocycles. The number of aryl methyl sites for hydroxylation is 2. The molecule has 1 N–H and O–H groups in total. The molecule has 2 aromatic heterocycles. The first-order chi connectivity index (χ1) is 12.2. The Morgan fingerprint density at radius 1 is 1.28 bits per heavy atom. The Bertz CT molecular complexity index is 769. The van der Waals surface area contributed by atoms with Crippen LogP contribution in [0.1, 0.15) is 28.8 Å². The van der Waals surface area contributed by atoms with Gasteiger partial charge in [0.25, 0.3) is 0 Å². The number of anilines is 1. The highest BCUT2D eigenvalue weighted by Gasteiger charge is 2.20. The summed E-state index contributed by atoms with van der Waals surface area (Å²) in [6, 6.07) is 2.13. The van der Waals surface area contributed by atoms with E-state index in [0.717, 1.165) is 56.4 Å². The molecule has 132 valence electrons. The number of rotatable bonds is 4. The van der Waals surface area contributed by atoms with Crippen LogP contribution in [0.2, 0.25) is 0 Å². The van der Waals surface area contributed by atoms with E-state index >= 15 is 0 Å². The molecular weight excluding hydrogens is 332 g/mol. The van der Waals surface area contributed by atoms with Crippen LogP contribution in [-0.2, 0) is 13.0 Å². The minimum atomic E-state index is -0.0879. The first kappa shape index (κ1) is 17.9. The molecule has 0 aromatic carbocycles. The molecule has 0 spiro atoms. The summed E-state index contributed by atoms with van der Waals surface area (Å²) in [5.41, 5.74) is 2.22. The van der Waals surface area contributed by atoms with E-state index in [0.29, 0.717) is 0 Å². The summed E-state index contributed by atoms with van der Waals surface area (Å²) in [7, 11) is 0. The first-order valence-corrected chi connectivity index (χ1v) is 9.54. The van der Waals surface area contributed by atoms with Gasteiger partial charge in [-0.15, -0.1) is 11.3 Å². The zero-order chi connectivity index (χ0) is 17.6. The van der Waals surface area contributed by atoms with Crippen molar-refractivity contribution in [3.05, 3.63) is 39.5 Å². The summed E-state index contributed by atoms with van der Waals surface area (Å²) in [6.07, 6.45) is 2.92. The second kappa shape index (κ2) is 8.43. The predicted octanol–water partition coefficient (Wildman–Crippen LogP) is 2.07. The first-order valence-electron chi connectivity index (χ1n) is 8.66. The van der Waals surface area contributed by atoms with E-state index in [1.807, 2.05) is 13.1 Å². The highest BCUT2D eigenvalue weighted by molar-refractivity contribution is 7.10. The number of nitrogens with zero attached hydrogens (tertiary/aromatic N) is 4. The van der Waals surface area contributed by atoms with Crippen molar-refractivity contribution in [2.75, 3.05) is 37.7 Å².